The highest BCUT2D eigenvalue weighted by Crippen LogP contribution is 2.78. The van der Waals surface area contributed by atoms with Gasteiger partial charge in [0.1, 0.15) is 0 Å². The van der Waals surface area contributed by atoms with Crippen LogP contribution in [0.2, 0.25) is 0 Å². The number of aliphatic hydroxyl groups is 2. The summed E-state index contributed by atoms with van der Waals surface area (Å²) in [7, 11) is 0. The van der Waals surface area contributed by atoms with Gasteiger partial charge in [-0.15, -0.1) is 0 Å². The van der Waals surface area contributed by atoms with Crippen LogP contribution in [0.25, 0.3) is 0 Å². The molecule has 0 aromatic carbocycles. The van der Waals surface area contributed by atoms with Gasteiger partial charge in [0.2, 0.25) is 0 Å². The number of hydrogen-bond acceptors (Lipinski definition) is 3. The maximum atomic E-state index is 13.6. The molecule has 0 bridgehead atoms. The second-order valence-electron chi connectivity index (χ2n) is 15.3. The maximum absolute atomic E-state index is 13.6. The minimum Gasteiger partial charge on any atom is -0.481 e. The highest BCUT2D eigenvalue weighted by molar-refractivity contribution is 5.77. The highest BCUT2D eigenvalue weighted by atomic mass is 16.4. The van der Waals surface area contributed by atoms with Crippen molar-refractivity contribution in [3.05, 3.63) is 0 Å². The van der Waals surface area contributed by atoms with Crippen LogP contribution in [-0.4, -0.2) is 33.0 Å². The van der Waals surface area contributed by atoms with E-state index in [0.717, 1.165) is 44.9 Å². The van der Waals surface area contributed by atoms with E-state index in [4.69, 9.17) is 0 Å². The van der Waals surface area contributed by atoms with Gasteiger partial charge in [-0.05, 0) is 117 Å². The molecule has 5 fully saturated rings. The summed E-state index contributed by atoms with van der Waals surface area (Å²) >= 11 is 0. The first-order chi connectivity index (χ1) is 15.6. The van der Waals surface area contributed by atoms with E-state index in [1.165, 1.54) is 12.8 Å². The van der Waals surface area contributed by atoms with Gasteiger partial charge in [0.05, 0.1) is 17.1 Å². The van der Waals surface area contributed by atoms with E-state index in [2.05, 4.69) is 34.6 Å². The first kappa shape index (κ1) is 25.1. The molecule has 0 aromatic rings. The Morgan fingerprint density at radius 2 is 1.47 bits per heavy atom. The summed E-state index contributed by atoms with van der Waals surface area (Å²) in [6, 6.07) is 0. The molecule has 0 saturated heterocycles. The van der Waals surface area contributed by atoms with Crippen molar-refractivity contribution in [2.75, 3.05) is 0 Å². The number of rotatable bonds is 2. The molecular formula is C30H50O4. The Labute approximate surface area is 207 Å². The lowest BCUT2D eigenvalue weighted by Crippen LogP contribution is -2.72. The third kappa shape index (κ3) is 2.82. The third-order valence-electron chi connectivity index (χ3n) is 13.5. The van der Waals surface area contributed by atoms with Gasteiger partial charge in [-0.1, -0.05) is 41.0 Å². The van der Waals surface area contributed by atoms with Crippen LogP contribution in [0.15, 0.2) is 0 Å². The van der Waals surface area contributed by atoms with Crippen molar-refractivity contribution in [3.8, 4) is 0 Å². The maximum Gasteiger partial charge on any atom is 0.310 e. The Balaban J connectivity index is 1.63. The van der Waals surface area contributed by atoms with E-state index >= 15 is 0 Å². The van der Waals surface area contributed by atoms with E-state index in [1.807, 2.05) is 13.8 Å². The first-order valence-corrected chi connectivity index (χ1v) is 14.2. The molecular weight excluding hydrogens is 424 g/mol. The Bertz CT molecular complexity index is 858. The lowest BCUT2D eigenvalue weighted by molar-refractivity contribution is -0.282. The molecule has 5 aliphatic carbocycles. The van der Waals surface area contributed by atoms with Crippen LogP contribution in [0, 0.1) is 56.7 Å². The summed E-state index contributed by atoms with van der Waals surface area (Å²) in [5.74, 6) is 0.688. The minimum absolute atomic E-state index is 0.0660. The molecule has 194 valence electrons. The predicted molar refractivity (Wildman–Crippen MR) is 134 cm³/mol. The molecule has 4 nitrogen and oxygen atoms in total. The summed E-state index contributed by atoms with van der Waals surface area (Å²) in [6.45, 7) is 15.6. The summed E-state index contributed by atoms with van der Waals surface area (Å²) < 4.78 is 0. The number of hydrogen-bond donors (Lipinski definition) is 3. The van der Waals surface area contributed by atoms with E-state index in [9.17, 15) is 20.1 Å². The van der Waals surface area contributed by atoms with Crippen LogP contribution >= 0.6 is 0 Å². The van der Waals surface area contributed by atoms with Crippen LogP contribution in [-0.2, 0) is 4.79 Å². The number of carboxylic acids is 1. The summed E-state index contributed by atoms with van der Waals surface area (Å²) in [6.07, 6.45) is 9.21. The molecule has 0 spiro atoms. The normalized spacial score (nSPS) is 54.4. The van der Waals surface area contributed by atoms with Gasteiger partial charge in [0.15, 0.2) is 0 Å². The van der Waals surface area contributed by atoms with Gasteiger partial charge in [-0.3, -0.25) is 4.79 Å². The van der Waals surface area contributed by atoms with Crippen molar-refractivity contribution in [2.24, 2.45) is 56.7 Å². The van der Waals surface area contributed by atoms with Crippen molar-refractivity contribution in [3.63, 3.8) is 0 Å². The summed E-state index contributed by atoms with van der Waals surface area (Å²) in [4.78, 5) is 13.6. The van der Waals surface area contributed by atoms with Gasteiger partial charge in [0, 0.05) is 5.41 Å². The van der Waals surface area contributed by atoms with E-state index < -0.39 is 28.5 Å². The summed E-state index contributed by atoms with van der Waals surface area (Å²) in [5, 5.41) is 34.1. The molecule has 0 amide bonds. The summed E-state index contributed by atoms with van der Waals surface area (Å²) in [5.41, 5.74) is -2.03. The smallest absolute Gasteiger partial charge is 0.310 e. The zero-order valence-electron chi connectivity index (χ0n) is 22.8. The molecule has 0 radical (unpaired) electrons. The van der Waals surface area contributed by atoms with Gasteiger partial charge in [0.25, 0.3) is 0 Å². The number of carboxylic acid groups (broad SMARTS) is 1. The topological polar surface area (TPSA) is 77.8 Å². The van der Waals surface area contributed by atoms with Gasteiger partial charge >= 0.3 is 5.97 Å². The zero-order valence-corrected chi connectivity index (χ0v) is 22.8. The van der Waals surface area contributed by atoms with E-state index in [0.29, 0.717) is 18.3 Å². The van der Waals surface area contributed by atoms with Crippen LogP contribution in [0.5, 0.6) is 0 Å². The number of aliphatic carboxylic acids is 1. The fourth-order valence-electron chi connectivity index (χ4n) is 12.1. The van der Waals surface area contributed by atoms with Crippen molar-refractivity contribution in [2.45, 2.75) is 124 Å². The second kappa shape index (κ2) is 7.24. The van der Waals surface area contributed by atoms with Crippen LogP contribution in [0.4, 0.5) is 0 Å². The van der Waals surface area contributed by atoms with Crippen LogP contribution in [0.1, 0.15) is 113 Å². The molecule has 10 unspecified atom stereocenters. The van der Waals surface area contributed by atoms with Crippen molar-refractivity contribution < 1.29 is 20.1 Å². The van der Waals surface area contributed by atoms with Crippen LogP contribution in [0.3, 0.4) is 0 Å². The molecule has 5 rings (SSSR count). The highest BCUT2D eigenvalue weighted by Gasteiger charge is 2.76. The Morgan fingerprint density at radius 1 is 0.824 bits per heavy atom. The van der Waals surface area contributed by atoms with Gasteiger partial charge in [-0.25, -0.2) is 0 Å². The lowest BCUT2D eigenvalue weighted by atomic mass is 9.31. The Morgan fingerprint density at radius 3 is 2.09 bits per heavy atom. The quantitative estimate of drug-likeness (QED) is 0.440. The molecule has 0 aromatic heterocycles. The number of fused-ring (bicyclic) bond motifs is 7. The van der Waals surface area contributed by atoms with Crippen LogP contribution < -0.4 is 0 Å². The fraction of sp³-hybridized carbons (Fsp3) is 0.967. The standard InChI is InChI=1S/C30H50O4/c1-25(2)13-8-14-28(6)20-9-10-21-27(5)15-11-18(26(3,4)34)19(27)12-16-30(21,24(32)33)29(20,7)23(31)17-22(25)28/h18-23,31,34H,8-17H2,1-7H3,(H,32,33). The molecule has 0 heterocycles. The molecule has 5 saturated carbocycles. The van der Waals surface area contributed by atoms with Crippen molar-refractivity contribution in [1.29, 1.82) is 0 Å². The number of aliphatic hydroxyl groups excluding tert-OH is 1. The Hall–Kier alpha value is -0.610. The second-order valence-corrected chi connectivity index (χ2v) is 15.3. The molecule has 10 atom stereocenters. The predicted octanol–water partition coefficient (Wildman–Crippen LogP) is 6.28. The first-order valence-electron chi connectivity index (χ1n) is 14.2. The largest absolute Gasteiger partial charge is 0.481 e. The van der Waals surface area contributed by atoms with Crippen molar-refractivity contribution in [1.82, 2.24) is 0 Å². The average molecular weight is 475 g/mol. The Kier molecular flexibility index (Phi) is 5.34. The molecule has 34 heavy (non-hydrogen) atoms. The molecule has 4 heteroatoms. The van der Waals surface area contributed by atoms with Crippen molar-refractivity contribution >= 4 is 5.97 Å². The third-order valence-corrected chi connectivity index (χ3v) is 13.5. The van der Waals surface area contributed by atoms with E-state index in [1.54, 1.807) is 0 Å². The van der Waals surface area contributed by atoms with Gasteiger partial charge < -0.3 is 15.3 Å². The zero-order chi connectivity index (χ0) is 25.1. The molecule has 3 N–H and O–H groups in total. The lowest BCUT2D eigenvalue weighted by Gasteiger charge is -2.73. The fourth-order valence-corrected chi connectivity index (χ4v) is 12.1. The monoisotopic (exact) mass is 474 g/mol. The van der Waals surface area contributed by atoms with E-state index in [-0.39, 0.29) is 34.0 Å². The van der Waals surface area contributed by atoms with Gasteiger partial charge in [-0.2, -0.15) is 0 Å². The average Bonchev–Trinajstić information content (AvgIpc) is 3.07. The SMILES string of the molecule is CC(C)(O)C1CCC2(C)C1CCC1(C(=O)O)C2CCC2C3(C)CCCC(C)(C)C3CC(O)C21C. The number of carbonyl (C=O) groups is 1. The molecule has 0 aliphatic heterocycles. The molecule has 5 aliphatic rings. The minimum atomic E-state index is -0.884.